The van der Waals surface area contributed by atoms with Crippen molar-refractivity contribution in [3.8, 4) is 0 Å². The first-order chi connectivity index (χ1) is 8.56. The molecule has 1 aliphatic rings. The van der Waals surface area contributed by atoms with Gasteiger partial charge in [-0.25, -0.2) is 0 Å². The Balaban J connectivity index is 2.10. The Kier molecular flexibility index (Phi) is 4.02. The highest BCUT2D eigenvalue weighted by Gasteiger charge is 2.26. The summed E-state index contributed by atoms with van der Waals surface area (Å²) in [7, 11) is 0. The maximum atomic E-state index is 11.4. The summed E-state index contributed by atoms with van der Waals surface area (Å²) >= 11 is 0. The van der Waals surface area contributed by atoms with Gasteiger partial charge < -0.3 is 11.1 Å². The molecule has 3 N–H and O–H groups in total. The van der Waals surface area contributed by atoms with Gasteiger partial charge in [0.2, 0.25) is 5.91 Å². The highest BCUT2D eigenvalue weighted by Crippen LogP contribution is 2.23. The lowest BCUT2D eigenvalue weighted by Crippen LogP contribution is -2.45. The Morgan fingerprint density at radius 1 is 1.33 bits per heavy atom. The van der Waals surface area contributed by atoms with Crippen LogP contribution in [-0.4, -0.2) is 11.9 Å². The van der Waals surface area contributed by atoms with Crippen LogP contribution in [0.1, 0.15) is 43.9 Å². The third-order valence-corrected chi connectivity index (χ3v) is 3.43. The minimum atomic E-state index is -0.0284. The average molecular weight is 246 g/mol. The van der Waals surface area contributed by atoms with E-state index < -0.39 is 0 Å². The number of piperidine rings is 1. The van der Waals surface area contributed by atoms with Gasteiger partial charge in [0.15, 0.2) is 0 Å². The predicted molar refractivity (Wildman–Crippen MR) is 73.1 cm³/mol. The van der Waals surface area contributed by atoms with Gasteiger partial charge >= 0.3 is 0 Å². The monoisotopic (exact) mass is 246 g/mol. The second-order valence-corrected chi connectivity index (χ2v) is 5.59. The number of amides is 1. The SMILES string of the molecule is CC(C)Cc1ccc(C2NC(=O)CCC2N)cc1. The lowest BCUT2D eigenvalue weighted by atomic mass is 9.91. The van der Waals surface area contributed by atoms with Crippen molar-refractivity contribution >= 4 is 5.91 Å². The zero-order valence-corrected chi connectivity index (χ0v) is 11.1. The van der Waals surface area contributed by atoms with Crippen LogP contribution in [0.5, 0.6) is 0 Å². The van der Waals surface area contributed by atoms with E-state index in [1.54, 1.807) is 0 Å². The molecule has 3 nitrogen and oxygen atoms in total. The molecule has 1 aromatic rings. The minimum Gasteiger partial charge on any atom is -0.348 e. The molecule has 0 bridgehead atoms. The molecule has 1 saturated heterocycles. The summed E-state index contributed by atoms with van der Waals surface area (Å²) in [6, 6.07) is 8.46. The summed E-state index contributed by atoms with van der Waals surface area (Å²) in [5.41, 5.74) is 8.53. The number of carbonyl (C=O) groups is 1. The largest absolute Gasteiger partial charge is 0.348 e. The van der Waals surface area contributed by atoms with Crippen molar-refractivity contribution in [3.05, 3.63) is 35.4 Å². The third-order valence-electron chi connectivity index (χ3n) is 3.43. The van der Waals surface area contributed by atoms with Crippen molar-refractivity contribution < 1.29 is 4.79 Å². The van der Waals surface area contributed by atoms with Gasteiger partial charge in [-0.15, -0.1) is 0 Å². The van der Waals surface area contributed by atoms with E-state index in [1.165, 1.54) is 5.56 Å². The maximum Gasteiger partial charge on any atom is 0.220 e. The number of hydrogen-bond donors (Lipinski definition) is 2. The first-order valence-corrected chi connectivity index (χ1v) is 6.70. The zero-order valence-electron chi connectivity index (χ0n) is 11.1. The van der Waals surface area contributed by atoms with Crippen LogP contribution in [-0.2, 0) is 11.2 Å². The van der Waals surface area contributed by atoms with Crippen molar-refractivity contribution in [2.45, 2.75) is 45.2 Å². The van der Waals surface area contributed by atoms with Gasteiger partial charge in [-0.3, -0.25) is 4.79 Å². The second-order valence-electron chi connectivity index (χ2n) is 5.59. The van der Waals surface area contributed by atoms with E-state index in [-0.39, 0.29) is 18.0 Å². The van der Waals surface area contributed by atoms with E-state index in [0.717, 1.165) is 18.4 Å². The predicted octanol–water partition coefficient (Wildman–Crippen LogP) is 2.16. The molecule has 98 valence electrons. The van der Waals surface area contributed by atoms with Crippen LogP contribution < -0.4 is 11.1 Å². The van der Waals surface area contributed by atoms with Gasteiger partial charge in [0.05, 0.1) is 6.04 Å². The molecule has 0 saturated carbocycles. The van der Waals surface area contributed by atoms with Crippen molar-refractivity contribution in [1.82, 2.24) is 5.32 Å². The highest BCUT2D eigenvalue weighted by molar-refractivity contribution is 5.77. The van der Waals surface area contributed by atoms with E-state index in [2.05, 4.69) is 43.4 Å². The van der Waals surface area contributed by atoms with Gasteiger partial charge in [-0.2, -0.15) is 0 Å². The zero-order chi connectivity index (χ0) is 13.1. The Morgan fingerprint density at radius 2 is 2.00 bits per heavy atom. The van der Waals surface area contributed by atoms with Crippen LogP contribution in [0.2, 0.25) is 0 Å². The lowest BCUT2D eigenvalue weighted by molar-refractivity contribution is -0.123. The molecule has 1 heterocycles. The second kappa shape index (κ2) is 5.53. The minimum absolute atomic E-state index is 0.0265. The van der Waals surface area contributed by atoms with E-state index in [9.17, 15) is 4.79 Å². The van der Waals surface area contributed by atoms with Crippen molar-refractivity contribution in [2.75, 3.05) is 0 Å². The summed E-state index contributed by atoms with van der Waals surface area (Å²) in [5, 5.41) is 2.98. The van der Waals surface area contributed by atoms with Gasteiger partial charge in [0.1, 0.15) is 0 Å². The smallest absolute Gasteiger partial charge is 0.220 e. The summed E-state index contributed by atoms with van der Waals surface area (Å²) in [4.78, 5) is 11.4. The summed E-state index contributed by atoms with van der Waals surface area (Å²) in [5.74, 6) is 0.764. The number of rotatable bonds is 3. The standard InChI is InChI=1S/C15H22N2O/c1-10(2)9-11-3-5-12(6-4-11)15-13(16)7-8-14(18)17-15/h3-6,10,13,15H,7-9,16H2,1-2H3,(H,17,18). The van der Waals surface area contributed by atoms with Crippen LogP contribution in [0, 0.1) is 5.92 Å². The molecule has 3 heteroatoms. The molecule has 1 fully saturated rings. The normalized spacial score (nSPS) is 24.1. The van der Waals surface area contributed by atoms with Gasteiger partial charge in [0, 0.05) is 12.5 Å². The Labute approximate surface area is 109 Å². The number of hydrogen-bond acceptors (Lipinski definition) is 2. The third kappa shape index (κ3) is 3.10. The molecule has 2 rings (SSSR count). The van der Waals surface area contributed by atoms with Crippen LogP contribution in [0.3, 0.4) is 0 Å². The Bertz CT molecular complexity index is 411. The number of nitrogens with two attached hydrogens (primary N) is 1. The first-order valence-electron chi connectivity index (χ1n) is 6.70. The van der Waals surface area contributed by atoms with E-state index in [4.69, 9.17) is 5.73 Å². The average Bonchev–Trinajstić information content (AvgIpc) is 2.33. The highest BCUT2D eigenvalue weighted by atomic mass is 16.1. The molecule has 18 heavy (non-hydrogen) atoms. The van der Waals surface area contributed by atoms with E-state index in [1.807, 2.05) is 0 Å². The maximum absolute atomic E-state index is 11.4. The number of nitrogens with one attached hydrogen (secondary N) is 1. The molecular weight excluding hydrogens is 224 g/mol. The molecule has 2 atom stereocenters. The fraction of sp³-hybridized carbons (Fsp3) is 0.533. The van der Waals surface area contributed by atoms with Crippen LogP contribution in [0.15, 0.2) is 24.3 Å². The summed E-state index contributed by atoms with van der Waals surface area (Å²) < 4.78 is 0. The molecule has 0 spiro atoms. The van der Waals surface area contributed by atoms with Crippen LogP contribution >= 0.6 is 0 Å². The summed E-state index contributed by atoms with van der Waals surface area (Å²) in [6.07, 6.45) is 2.40. The van der Waals surface area contributed by atoms with Gasteiger partial charge in [-0.1, -0.05) is 38.1 Å². The molecule has 0 aliphatic carbocycles. The number of carbonyl (C=O) groups excluding carboxylic acids is 1. The first kappa shape index (κ1) is 13.1. The number of benzene rings is 1. The lowest BCUT2D eigenvalue weighted by Gasteiger charge is -2.30. The topological polar surface area (TPSA) is 55.1 Å². The van der Waals surface area contributed by atoms with Gasteiger partial charge in [-0.05, 0) is 29.9 Å². The Hall–Kier alpha value is -1.35. The van der Waals surface area contributed by atoms with E-state index in [0.29, 0.717) is 12.3 Å². The van der Waals surface area contributed by atoms with Gasteiger partial charge in [0.25, 0.3) is 0 Å². The molecule has 2 unspecified atom stereocenters. The fourth-order valence-electron chi connectivity index (χ4n) is 2.48. The van der Waals surface area contributed by atoms with Crippen LogP contribution in [0.4, 0.5) is 0 Å². The van der Waals surface area contributed by atoms with Crippen molar-refractivity contribution in [1.29, 1.82) is 0 Å². The molecule has 1 aromatic carbocycles. The molecule has 0 aromatic heterocycles. The molecule has 0 radical (unpaired) electrons. The Morgan fingerprint density at radius 3 is 2.61 bits per heavy atom. The molecule has 1 aliphatic heterocycles. The van der Waals surface area contributed by atoms with Crippen molar-refractivity contribution in [2.24, 2.45) is 11.7 Å². The quantitative estimate of drug-likeness (QED) is 0.858. The summed E-state index contributed by atoms with van der Waals surface area (Å²) in [6.45, 7) is 4.43. The fourth-order valence-corrected chi connectivity index (χ4v) is 2.48. The molecule has 1 amide bonds. The van der Waals surface area contributed by atoms with E-state index >= 15 is 0 Å². The van der Waals surface area contributed by atoms with Crippen LogP contribution in [0.25, 0.3) is 0 Å². The van der Waals surface area contributed by atoms with Crippen molar-refractivity contribution in [3.63, 3.8) is 0 Å². The molecular formula is C15H22N2O.